The number of benzene rings is 2. The first-order valence-electron chi connectivity index (χ1n) is 8.69. The van der Waals surface area contributed by atoms with Gasteiger partial charge in [0.25, 0.3) is 11.8 Å². The van der Waals surface area contributed by atoms with Crippen LogP contribution in [0.3, 0.4) is 0 Å². The van der Waals surface area contributed by atoms with Gasteiger partial charge in [0.2, 0.25) is 5.91 Å². The fourth-order valence-corrected chi connectivity index (χ4v) is 2.84. The van der Waals surface area contributed by atoms with Gasteiger partial charge in [-0.2, -0.15) is 0 Å². The summed E-state index contributed by atoms with van der Waals surface area (Å²) in [6.07, 6.45) is -0.269. The maximum Gasteiger partial charge on any atom is 0.308 e. The van der Waals surface area contributed by atoms with Gasteiger partial charge in [-0.3, -0.25) is 24.1 Å². The summed E-state index contributed by atoms with van der Waals surface area (Å²) in [6, 6.07) is 9.77. The van der Waals surface area contributed by atoms with E-state index in [0.717, 1.165) is 23.1 Å². The summed E-state index contributed by atoms with van der Waals surface area (Å²) >= 11 is 0. The summed E-state index contributed by atoms with van der Waals surface area (Å²) in [5.41, 5.74) is 0.377. The van der Waals surface area contributed by atoms with Gasteiger partial charge in [0, 0.05) is 12.1 Å². The molecule has 0 atom stereocenters. The smallest absolute Gasteiger partial charge is 0.308 e. The number of anilines is 1. The minimum atomic E-state index is -0.966. The lowest BCUT2D eigenvalue weighted by atomic mass is 9.98. The van der Waals surface area contributed by atoms with Crippen molar-refractivity contribution >= 4 is 29.4 Å². The van der Waals surface area contributed by atoms with Crippen molar-refractivity contribution in [3.8, 4) is 0 Å². The van der Waals surface area contributed by atoms with Crippen molar-refractivity contribution in [1.29, 1.82) is 0 Å². The first-order valence-corrected chi connectivity index (χ1v) is 8.69. The number of carbonyl (C=O) groups excluding carboxylic acids is 4. The lowest BCUT2D eigenvalue weighted by Gasteiger charge is -2.26. The Morgan fingerprint density at radius 1 is 1.03 bits per heavy atom. The van der Waals surface area contributed by atoms with Crippen LogP contribution in [-0.4, -0.2) is 41.7 Å². The van der Waals surface area contributed by atoms with Crippen molar-refractivity contribution in [2.45, 2.75) is 12.8 Å². The first kappa shape index (κ1) is 20.1. The highest BCUT2D eigenvalue weighted by Crippen LogP contribution is 2.20. The van der Waals surface area contributed by atoms with Crippen LogP contribution in [0.15, 0.2) is 42.5 Å². The molecule has 0 bridgehead atoms. The molecule has 1 N–H and O–H groups in total. The summed E-state index contributed by atoms with van der Waals surface area (Å²) in [6.45, 7) is -0.967. The Morgan fingerprint density at radius 3 is 2.45 bits per heavy atom. The van der Waals surface area contributed by atoms with E-state index in [4.69, 9.17) is 4.74 Å². The fraction of sp³-hybridized carbons (Fsp3) is 0.200. The van der Waals surface area contributed by atoms with Crippen molar-refractivity contribution in [2.24, 2.45) is 0 Å². The van der Waals surface area contributed by atoms with E-state index in [-0.39, 0.29) is 19.4 Å². The monoisotopic (exact) mass is 402 g/mol. The quantitative estimate of drug-likeness (QED) is 0.590. The molecule has 1 aliphatic heterocycles. The number of amides is 3. The molecule has 0 spiro atoms. The molecule has 0 radical (unpaired) electrons. The Labute approximate surface area is 164 Å². The van der Waals surface area contributed by atoms with Gasteiger partial charge in [0.05, 0.1) is 12.8 Å². The molecule has 0 saturated carbocycles. The number of hydrogen-bond donors (Lipinski definition) is 1. The highest BCUT2D eigenvalue weighted by molar-refractivity contribution is 6.09. The molecule has 9 heteroatoms. The van der Waals surface area contributed by atoms with Crippen molar-refractivity contribution in [3.63, 3.8) is 0 Å². The van der Waals surface area contributed by atoms with Crippen LogP contribution in [0.25, 0.3) is 0 Å². The van der Waals surface area contributed by atoms with E-state index in [9.17, 15) is 28.0 Å². The number of hydrogen-bond acceptors (Lipinski definition) is 5. The number of ether oxygens (including phenoxy) is 1. The summed E-state index contributed by atoms with van der Waals surface area (Å²) in [5.74, 6) is -4.64. The molecule has 3 rings (SSSR count). The van der Waals surface area contributed by atoms with Crippen LogP contribution in [0.1, 0.15) is 22.3 Å². The number of rotatable bonds is 6. The summed E-state index contributed by atoms with van der Waals surface area (Å²) in [7, 11) is 0. The van der Waals surface area contributed by atoms with Crippen molar-refractivity contribution in [1.82, 2.24) is 4.90 Å². The Balaban J connectivity index is 1.50. The average Bonchev–Trinajstić information content (AvgIpc) is 2.69. The second-order valence-electron chi connectivity index (χ2n) is 6.24. The molecule has 0 unspecified atom stereocenters. The summed E-state index contributed by atoms with van der Waals surface area (Å²) in [4.78, 5) is 49.0. The predicted molar refractivity (Wildman–Crippen MR) is 96.8 cm³/mol. The molecule has 1 aliphatic rings. The number of esters is 1. The molecule has 0 fully saturated rings. The Bertz CT molecular complexity index is 972. The van der Waals surface area contributed by atoms with E-state index < -0.39 is 47.6 Å². The zero-order valence-corrected chi connectivity index (χ0v) is 15.1. The number of nitrogens with one attached hydrogen (secondary N) is 1. The van der Waals surface area contributed by atoms with Crippen LogP contribution < -0.4 is 5.32 Å². The molecule has 2 aromatic rings. The van der Waals surface area contributed by atoms with E-state index in [1.807, 2.05) is 5.32 Å². The molecule has 7 nitrogen and oxygen atoms in total. The van der Waals surface area contributed by atoms with Gasteiger partial charge in [0.15, 0.2) is 6.61 Å². The highest BCUT2D eigenvalue weighted by atomic mass is 19.1. The molecule has 2 aromatic carbocycles. The molecule has 150 valence electrons. The number of halogens is 2. The van der Waals surface area contributed by atoms with Crippen LogP contribution in [0.2, 0.25) is 0 Å². The van der Waals surface area contributed by atoms with Crippen molar-refractivity contribution < 1.29 is 32.7 Å². The number of imide groups is 1. The SMILES string of the molecule is O=C(COC(=O)CCN1C(=O)Cc2ccccc2C1=O)Nc1c(F)cccc1F. The van der Waals surface area contributed by atoms with Gasteiger partial charge in [-0.25, -0.2) is 8.78 Å². The van der Waals surface area contributed by atoms with Crippen molar-refractivity contribution in [3.05, 3.63) is 65.2 Å². The molecule has 29 heavy (non-hydrogen) atoms. The third-order valence-electron chi connectivity index (χ3n) is 4.27. The second kappa shape index (κ2) is 8.59. The third kappa shape index (κ3) is 4.63. The largest absolute Gasteiger partial charge is 0.456 e. The molecular weight excluding hydrogens is 386 g/mol. The zero-order valence-electron chi connectivity index (χ0n) is 15.1. The van der Waals surface area contributed by atoms with Crippen LogP contribution in [-0.2, 0) is 25.5 Å². The van der Waals surface area contributed by atoms with E-state index in [2.05, 4.69) is 0 Å². The number of nitrogens with zero attached hydrogens (tertiary/aromatic N) is 1. The third-order valence-corrected chi connectivity index (χ3v) is 4.27. The molecule has 0 saturated heterocycles. The lowest BCUT2D eigenvalue weighted by molar-refractivity contribution is -0.147. The topological polar surface area (TPSA) is 92.8 Å². The van der Waals surface area contributed by atoms with E-state index in [1.54, 1.807) is 24.3 Å². The standard InChI is InChI=1S/C20H16F2N2O5/c21-14-6-3-7-15(22)19(14)23-16(25)11-29-18(27)8-9-24-17(26)10-12-4-1-2-5-13(12)20(24)28/h1-7H,8-11H2,(H,23,25). The molecular formula is C20H16F2N2O5. The first-order chi connectivity index (χ1) is 13.9. The Kier molecular flexibility index (Phi) is 5.96. The van der Waals surface area contributed by atoms with Crippen molar-refractivity contribution in [2.75, 3.05) is 18.5 Å². The van der Waals surface area contributed by atoms with E-state index >= 15 is 0 Å². The Hall–Kier alpha value is -3.62. The van der Waals surface area contributed by atoms with Gasteiger partial charge < -0.3 is 10.1 Å². The van der Waals surface area contributed by atoms with Gasteiger partial charge >= 0.3 is 5.97 Å². The Morgan fingerprint density at radius 2 is 1.72 bits per heavy atom. The molecule has 1 heterocycles. The summed E-state index contributed by atoms with van der Waals surface area (Å²) < 4.78 is 31.7. The molecule has 3 amide bonds. The normalized spacial score (nSPS) is 13.1. The second-order valence-corrected chi connectivity index (χ2v) is 6.24. The van der Waals surface area contributed by atoms with E-state index in [1.165, 1.54) is 0 Å². The van der Waals surface area contributed by atoms with Crippen LogP contribution in [0.5, 0.6) is 0 Å². The van der Waals surface area contributed by atoms with Gasteiger partial charge in [-0.05, 0) is 23.8 Å². The molecule has 0 aromatic heterocycles. The zero-order chi connectivity index (χ0) is 21.0. The number of carbonyl (C=O) groups is 4. The average molecular weight is 402 g/mol. The fourth-order valence-electron chi connectivity index (χ4n) is 2.84. The van der Waals surface area contributed by atoms with Crippen LogP contribution in [0, 0.1) is 11.6 Å². The van der Waals surface area contributed by atoms with Crippen LogP contribution in [0.4, 0.5) is 14.5 Å². The van der Waals surface area contributed by atoms with Gasteiger partial charge in [-0.15, -0.1) is 0 Å². The molecule has 0 aliphatic carbocycles. The number of fused-ring (bicyclic) bond motifs is 1. The maximum atomic E-state index is 13.5. The highest BCUT2D eigenvalue weighted by Gasteiger charge is 2.30. The summed E-state index contributed by atoms with van der Waals surface area (Å²) in [5, 5.41) is 1.98. The van der Waals surface area contributed by atoms with Crippen LogP contribution >= 0.6 is 0 Å². The minimum absolute atomic E-state index is 0.0492. The number of para-hydroxylation sites is 1. The maximum absolute atomic E-state index is 13.5. The minimum Gasteiger partial charge on any atom is -0.456 e. The van der Waals surface area contributed by atoms with E-state index in [0.29, 0.717) is 11.1 Å². The van der Waals surface area contributed by atoms with Gasteiger partial charge in [-0.1, -0.05) is 24.3 Å². The predicted octanol–water partition coefficient (Wildman–Crippen LogP) is 2.06. The van der Waals surface area contributed by atoms with Gasteiger partial charge in [0.1, 0.15) is 17.3 Å². The lowest BCUT2D eigenvalue weighted by Crippen LogP contribution is -2.43.